The van der Waals surface area contributed by atoms with Crippen molar-refractivity contribution in [1.82, 2.24) is 19.9 Å². The van der Waals surface area contributed by atoms with Gasteiger partial charge >= 0.3 is 0 Å². The van der Waals surface area contributed by atoms with Crippen molar-refractivity contribution in [1.29, 1.82) is 0 Å². The number of benzene rings is 1. The summed E-state index contributed by atoms with van der Waals surface area (Å²) in [7, 11) is 1.69. The van der Waals surface area contributed by atoms with Crippen LogP contribution in [0.15, 0.2) is 36.5 Å². The molecule has 1 aliphatic rings. The van der Waals surface area contributed by atoms with E-state index in [1.165, 1.54) is 18.5 Å². The Bertz CT molecular complexity index is 605. The van der Waals surface area contributed by atoms with Crippen LogP contribution in [0.2, 0.25) is 0 Å². The first-order valence-electron chi connectivity index (χ1n) is 8.93. The van der Waals surface area contributed by atoms with E-state index in [9.17, 15) is 0 Å². The third kappa shape index (κ3) is 4.42. The quantitative estimate of drug-likeness (QED) is 0.782. The number of hydrogen-bond donors (Lipinski definition) is 0. The monoisotopic (exact) mass is 328 g/mol. The van der Waals surface area contributed by atoms with Gasteiger partial charge in [0.15, 0.2) is 0 Å². The maximum absolute atomic E-state index is 5.11. The summed E-state index contributed by atoms with van der Waals surface area (Å²) in [5.41, 5.74) is 2.36. The molecule has 2 aromatic rings. The molecule has 0 unspecified atom stereocenters. The van der Waals surface area contributed by atoms with Gasteiger partial charge in [-0.05, 0) is 37.3 Å². The molecule has 0 spiro atoms. The smallest absolute Gasteiger partial charge is 0.108 e. The number of nitrogens with zero attached hydrogens (tertiary/aromatic N) is 4. The number of ether oxygens (including phenoxy) is 1. The highest BCUT2D eigenvalue weighted by Crippen LogP contribution is 2.24. The molecule has 5 nitrogen and oxygen atoms in total. The first-order chi connectivity index (χ1) is 11.8. The van der Waals surface area contributed by atoms with E-state index in [-0.39, 0.29) is 0 Å². The van der Waals surface area contributed by atoms with Crippen LogP contribution in [0.25, 0.3) is 0 Å². The Labute approximate surface area is 144 Å². The van der Waals surface area contributed by atoms with Crippen LogP contribution in [-0.4, -0.2) is 46.6 Å². The average molecular weight is 328 g/mol. The van der Waals surface area contributed by atoms with Crippen LogP contribution in [0, 0.1) is 0 Å². The molecule has 3 rings (SSSR count). The maximum Gasteiger partial charge on any atom is 0.108 e. The van der Waals surface area contributed by atoms with Gasteiger partial charge in [0.25, 0.3) is 0 Å². The molecule has 1 atom stereocenters. The van der Waals surface area contributed by atoms with Crippen molar-refractivity contribution in [2.75, 3.05) is 26.7 Å². The number of hydrogen-bond acceptors (Lipinski definition) is 4. The van der Waals surface area contributed by atoms with E-state index in [1.807, 2.05) is 10.9 Å². The summed E-state index contributed by atoms with van der Waals surface area (Å²) in [6.07, 6.45) is 5.54. The van der Waals surface area contributed by atoms with Gasteiger partial charge in [0.1, 0.15) is 5.69 Å². The lowest BCUT2D eigenvalue weighted by molar-refractivity contribution is 0.174. The van der Waals surface area contributed by atoms with E-state index >= 15 is 0 Å². The molecule has 5 heteroatoms. The number of likely N-dealkylation sites (tertiary alicyclic amines) is 1. The number of rotatable bonds is 7. The number of aromatic nitrogens is 3. The Morgan fingerprint density at radius 1 is 1.21 bits per heavy atom. The van der Waals surface area contributed by atoms with Crippen molar-refractivity contribution in [3.05, 3.63) is 47.8 Å². The summed E-state index contributed by atoms with van der Waals surface area (Å²) >= 11 is 0. The molecule has 24 heavy (non-hydrogen) atoms. The lowest BCUT2D eigenvalue weighted by Gasteiger charge is -2.32. The van der Waals surface area contributed by atoms with Gasteiger partial charge in [-0.2, -0.15) is 0 Å². The minimum atomic E-state index is 0.478. The van der Waals surface area contributed by atoms with Crippen molar-refractivity contribution < 1.29 is 4.74 Å². The van der Waals surface area contributed by atoms with Crippen LogP contribution in [0.3, 0.4) is 0 Å². The van der Waals surface area contributed by atoms with Crippen molar-refractivity contribution in [2.24, 2.45) is 0 Å². The summed E-state index contributed by atoms with van der Waals surface area (Å²) in [6, 6.07) is 11.3. The van der Waals surface area contributed by atoms with Gasteiger partial charge in [0.2, 0.25) is 0 Å². The van der Waals surface area contributed by atoms with Crippen LogP contribution >= 0.6 is 0 Å². The van der Waals surface area contributed by atoms with E-state index in [0.717, 1.165) is 31.6 Å². The fourth-order valence-corrected chi connectivity index (χ4v) is 3.44. The summed E-state index contributed by atoms with van der Waals surface area (Å²) in [5.74, 6) is 0.621. The first-order valence-corrected chi connectivity index (χ1v) is 8.93. The predicted octanol–water partition coefficient (Wildman–Crippen LogP) is 3.26. The van der Waals surface area contributed by atoms with E-state index in [4.69, 9.17) is 4.74 Å². The fourth-order valence-electron chi connectivity index (χ4n) is 3.44. The van der Waals surface area contributed by atoms with Crippen molar-refractivity contribution >= 4 is 0 Å². The maximum atomic E-state index is 5.11. The van der Waals surface area contributed by atoms with Crippen LogP contribution < -0.4 is 0 Å². The molecule has 1 saturated heterocycles. The Kier molecular flexibility index (Phi) is 5.99. The van der Waals surface area contributed by atoms with Gasteiger partial charge in [-0.3, -0.25) is 0 Å². The summed E-state index contributed by atoms with van der Waals surface area (Å²) in [5, 5.41) is 8.43. The minimum Gasteiger partial charge on any atom is -0.378 e. The van der Waals surface area contributed by atoms with Gasteiger partial charge in [0, 0.05) is 20.2 Å². The van der Waals surface area contributed by atoms with E-state index in [1.54, 1.807) is 7.11 Å². The molecule has 1 aromatic heterocycles. The van der Waals surface area contributed by atoms with Gasteiger partial charge in [0.05, 0.1) is 18.8 Å². The second-order valence-corrected chi connectivity index (χ2v) is 6.80. The highest BCUT2D eigenvalue weighted by atomic mass is 16.5. The van der Waals surface area contributed by atoms with Gasteiger partial charge in [-0.15, -0.1) is 5.10 Å². The Hall–Kier alpha value is -1.72. The third-order valence-electron chi connectivity index (χ3n) is 5.03. The molecule has 2 heterocycles. The van der Waals surface area contributed by atoms with Crippen LogP contribution in [0.5, 0.6) is 0 Å². The lowest BCUT2D eigenvalue weighted by atomic mass is 9.97. The summed E-state index contributed by atoms with van der Waals surface area (Å²) in [4.78, 5) is 2.59. The predicted molar refractivity (Wildman–Crippen MR) is 94.9 cm³/mol. The molecular weight excluding hydrogens is 300 g/mol. The molecule has 0 saturated carbocycles. The third-order valence-corrected chi connectivity index (χ3v) is 5.03. The average Bonchev–Trinajstić information content (AvgIpc) is 3.10. The molecule has 0 radical (unpaired) electrons. The largest absolute Gasteiger partial charge is 0.378 e. The fraction of sp³-hybridized carbons (Fsp3) is 0.579. The van der Waals surface area contributed by atoms with Crippen molar-refractivity contribution in [2.45, 2.75) is 44.8 Å². The van der Waals surface area contributed by atoms with Crippen LogP contribution in [0.1, 0.15) is 49.4 Å². The standard InChI is InChI=1S/C19H28N4O/c1-16(17-6-4-3-5-7-17)8-11-22-12-9-19(10-13-22)23-14-18(15-24-2)20-21-23/h3-7,14,16,19H,8-13,15H2,1-2H3/t16-/m1/s1. The Morgan fingerprint density at radius 3 is 2.67 bits per heavy atom. The van der Waals surface area contributed by atoms with Crippen LogP contribution in [-0.2, 0) is 11.3 Å². The second-order valence-electron chi connectivity index (χ2n) is 6.80. The molecule has 130 valence electrons. The van der Waals surface area contributed by atoms with Crippen molar-refractivity contribution in [3.8, 4) is 0 Å². The highest BCUT2D eigenvalue weighted by molar-refractivity contribution is 5.18. The molecule has 0 amide bonds. The Balaban J connectivity index is 1.43. The van der Waals surface area contributed by atoms with Gasteiger partial charge in [-0.25, -0.2) is 4.68 Å². The molecular formula is C19H28N4O. The molecule has 0 aliphatic carbocycles. The zero-order valence-electron chi connectivity index (χ0n) is 14.8. The lowest BCUT2D eigenvalue weighted by Crippen LogP contribution is -2.35. The Morgan fingerprint density at radius 2 is 1.96 bits per heavy atom. The molecule has 1 aliphatic heterocycles. The second kappa shape index (κ2) is 8.40. The number of methoxy groups -OCH3 is 1. The molecule has 1 fully saturated rings. The topological polar surface area (TPSA) is 43.2 Å². The van der Waals surface area contributed by atoms with E-state index < -0.39 is 0 Å². The minimum absolute atomic E-state index is 0.478. The molecule has 0 N–H and O–H groups in total. The highest BCUT2D eigenvalue weighted by Gasteiger charge is 2.22. The summed E-state index contributed by atoms with van der Waals surface area (Å²) in [6.45, 7) is 6.33. The van der Waals surface area contributed by atoms with Crippen LogP contribution in [0.4, 0.5) is 0 Å². The summed E-state index contributed by atoms with van der Waals surface area (Å²) < 4.78 is 7.14. The van der Waals surface area contributed by atoms with Crippen molar-refractivity contribution in [3.63, 3.8) is 0 Å². The van der Waals surface area contributed by atoms with Gasteiger partial charge < -0.3 is 9.64 Å². The zero-order chi connectivity index (χ0) is 16.8. The number of piperidine rings is 1. The zero-order valence-corrected chi connectivity index (χ0v) is 14.8. The van der Waals surface area contributed by atoms with E-state index in [2.05, 4.69) is 52.5 Å². The first kappa shape index (κ1) is 17.1. The molecule has 1 aromatic carbocycles. The van der Waals surface area contributed by atoms with E-state index in [0.29, 0.717) is 18.6 Å². The molecule has 0 bridgehead atoms. The van der Waals surface area contributed by atoms with Gasteiger partial charge in [-0.1, -0.05) is 42.5 Å². The normalized spacial score (nSPS) is 17.9. The SMILES string of the molecule is COCc1cn(C2CCN(CC[C@@H](C)c3ccccc3)CC2)nn1.